The number of benzene rings is 2. The topological polar surface area (TPSA) is 54.3 Å². The molecule has 26 heavy (non-hydrogen) atoms. The minimum absolute atomic E-state index is 0.214. The summed E-state index contributed by atoms with van der Waals surface area (Å²) in [5, 5.41) is 5.86. The Bertz CT molecular complexity index is 976. The lowest BCUT2D eigenvalue weighted by atomic mass is 10.1. The molecule has 0 bridgehead atoms. The van der Waals surface area contributed by atoms with Crippen LogP contribution in [-0.2, 0) is 0 Å². The second-order valence-electron chi connectivity index (χ2n) is 6.24. The number of hydrogen-bond acceptors (Lipinski definition) is 3. The zero-order valence-corrected chi connectivity index (χ0v) is 15.7. The lowest BCUT2D eigenvalue weighted by molar-refractivity contribution is 0.0951. The number of nitrogens with one attached hydrogen (secondary N) is 2. The molecule has 0 atom stereocenters. The molecule has 0 aliphatic heterocycles. The Morgan fingerprint density at radius 3 is 2.50 bits per heavy atom. The molecular weight excluding hydrogens is 344 g/mol. The van der Waals surface area contributed by atoms with Crippen LogP contribution in [0.1, 0.15) is 27.2 Å². The Balaban J connectivity index is 1.67. The van der Waals surface area contributed by atoms with E-state index in [1.807, 2.05) is 56.3 Å². The van der Waals surface area contributed by atoms with E-state index in [1.165, 1.54) is 11.1 Å². The third kappa shape index (κ3) is 4.18. The summed E-state index contributed by atoms with van der Waals surface area (Å²) in [4.78, 5) is 12.3. The van der Waals surface area contributed by atoms with Crippen LogP contribution in [0.4, 0.5) is 5.69 Å². The molecule has 1 amide bonds. The molecule has 1 aromatic heterocycles. The van der Waals surface area contributed by atoms with Gasteiger partial charge in [-0.2, -0.15) is 0 Å². The molecule has 2 N–H and O–H groups in total. The second-order valence-corrected chi connectivity index (χ2v) is 6.65. The summed E-state index contributed by atoms with van der Waals surface area (Å²) in [6, 6.07) is 17.2. The highest BCUT2D eigenvalue weighted by Gasteiger charge is 2.14. The van der Waals surface area contributed by atoms with Crippen molar-refractivity contribution in [2.75, 3.05) is 5.32 Å². The van der Waals surface area contributed by atoms with E-state index in [9.17, 15) is 4.79 Å². The summed E-state index contributed by atoms with van der Waals surface area (Å²) >= 11 is 5.20. The molecule has 2 aromatic carbocycles. The standard InChI is InChI=1S/C21H20N2O2S/c1-13-5-4-6-17(11-13)22-21(26)23-20(24)19-10-9-18(25-19)16-8-7-14(2)15(3)12-16/h4-12H,1-3H3,(H2,22,23,24,26). The van der Waals surface area contributed by atoms with E-state index in [1.54, 1.807) is 12.1 Å². The maximum atomic E-state index is 12.3. The average molecular weight is 364 g/mol. The summed E-state index contributed by atoms with van der Waals surface area (Å²) in [6.07, 6.45) is 0. The predicted octanol–water partition coefficient (Wildman–Crippen LogP) is 5.00. The van der Waals surface area contributed by atoms with Crippen molar-refractivity contribution < 1.29 is 9.21 Å². The number of furan rings is 1. The zero-order valence-electron chi connectivity index (χ0n) is 14.9. The van der Waals surface area contributed by atoms with E-state index >= 15 is 0 Å². The Morgan fingerprint density at radius 2 is 1.77 bits per heavy atom. The van der Waals surface area contributed by atoms with Crippen molar-refractivity contribution in [1.82, 2.24) is 5.32 Å². The van der Waals surface area contributed by atoms with Crippen LogP contribution in [0, 0.1) is 20.8 Å². The van der Waals surface area contributed by atoms with E-state index in [0.717, 1.165) is 16.8 Å². The van der Waals surface area contributed by atoms with E-state index in [-0.39, 0.29) is 16.8 Å². The molecule has 1 heterocycles. The van der Waals surface area contributed by atoms with Crippen LogP contribution in [0.5, 0.6) is 0 Å². The first-order valence-electron chi connectivity index (χ1n) is 8.29. The molecule has 3 aromatic rings. The smallest absolute Gasteiger partial charge is 0.293 e. The lowest BCUT2D eigenvalue weighted by Crippen LogP contribution is -2.33. The molecule has 4 nitrogen and oxygen atoms in total. The lowest BCUT2D eigenvalue weighted by Gasteiger charge is -2.09. The fraction of sp³-hybridized carbons (Fsp3) is 0.143. The molecule has 0 saturated heterocycles. The number of carbonyl (C=O) groups excluding carboxylic acids is 1. The summed E-state index contributed by atoms with van der Waals surface area (Å²) in [6.45, 7) is 6.09. The second kappa shape index (κ2) is 7.54. The van der Waals surface area contributed by atoms with Gasteiger partial charge in [0.15, 0.2) is 10.9 Å². The van der Waals surface area contributed by atoms with Gasteiger partial charge in [0.25, 0.3) is 5.91 Å². The van der Waals surface area contributed by atoms with Crippen LogP contribution in [0.25, 0.3) is 11.3 Å². The Kier molecular flexibility index (Phi) is 5.19. The molecule has 3 rings (SSSR count). The fourth-order valence-corrected chi connectivity index (χ4v) is 2.77. The van der Waals surface area contributed by atoms with Crippen molar-refractivity contribution in [2.45, 2.75) is 20.8 Å². The first-order valence-corrected chi connectivity index (χ1v) is 8.69. The zero-order chi connectivity index (χ0) is 18.7. The third-order valence-corrected chi connectivity index (χ3v) is 4.33. The highest BCUT2D eigenvalue weighted by molar-refractivity contribution is 7.80. The van der Waals surface area contributed by atoms with Gasteiger partial charge in [-0.3, -0.25) is 10.1 Å². The fourth-order valence-electron chi connectivity index (χ4n) is 2.56. The molecule has 132 valence electrons. The van der Waals surface area contributed by atoms with Crippen molar-refractivity contribution >= 4 is 28.9 Å². The molecule has 0 fully saturated rings. The van der Waals surface area contributed by atoms with E-state index in [4.69, 9.17) is 16.6 Å². The average Bonchev–Trinajstić information content (AvgIpc) is 3.07. The maximum Gasteiger partial charge on any atom is 0.293 e. The van der Waals surface area contributed by atoms with Gasteiger partial charge in [-0.05, 0) is 80.0 Å². The Morgan fingerprint density at radius 1 is 0.962 bits per heavy atom. The van der Waals surface area contributed by atoms with Crippen molar-refractivity contribution in [2.24, 2.45) is 0 Å². The molecule has 0 unspecified atom stereocenters. The number of anilines is 1. The highest BCUT2D eigenvalue weighted by atomic mass is 32.1. The number of carbonyl (C=O) groups is 1. The molecule has 0 spiro atoms. The molecule has 0 radical (unpaired) electrons. The van der Waals surface area contributed by atoms with Gasteiger partial charge in [0.05, 0.1) is 0 Å². The van der Waals surface area contributed by atoms with Crippen LogP contribution in [0.15, 0.2) is 59.0 Å². The van der Waals surface area contributed by atoms with Crippen molar-refractivity contribution in [3.63, 3.8) is 0 Å². The van der Waals surface area contributed by atoms with E-state index in [2.05, 4.69) is 17.6 Å². The minimum atomic E-state index is -0.384. The van der Waals surface area contributed by atoms with Gasteiger partial charge < -0.3 is 9.73 Å². The van der Waals surface area contributed by atoms with Crippen molar-refractivity contribution in [1.29, 1.82) is 0 Å². The van der Waals surface area contributed by atoms with Crippen LogP contribution in [0.3, 0.4) is 0 Å². The van der Waals surface area contributed by atoms with Crippen molar-refractivity contribution in [3.8, 4) is 11.3 Å². The Labute approximate surface area is 158 Å². The van der Waals surface area contributed by atoms with Gasteiger partial charge in [-0.1, -0.05) is 24.3 Å². The van der Waals surface area contributed by atoms with Crippen LogP contribution in [0.2, 0.25) is 0 Å². The number of rotatable bonds is 3. The van der Waals surface area contributed by atoms with Gasteiger partial charge in [0.1, 0.15) is 5.76 Å². The minimum Gasteiger partial charge on any atom is -0.451 e. The van der Waals surface area contributed by atoms with Gasteiger partial charge in [0, 0.05) is 11.3 Å². The van der Waals surface area contributed by atoms with Gasteiger partial charge in [-0.15, -0.1) is 0 Å². The molecule has 0 aliphatic rings. The quantitative estimate of drug-likeness (QED) is 0.642. The normalized spacial score (nSPS) is 10.4. The molecule has 0 saturated carbocycles. The maximum absolute atomic E-state index is 12.3. The van der Waals surface area contributed by atoms with Gasteiger partial charge >= 0.3 is 0 Å². The number of amides is 1. The third-order valence-electron chi connectivity index (χ3n) is 4.12. The Hall–Kier alpha value is -2.92. The molecule has 5 heteroatoms. The largest absolute Gasteiger partial charge is 0.451 e. The highest BCUT2D eigenvalue weighted by Crippen LogP contribution is 2.24. The molecule has 0 aliphatic carbocycles. The van der Waals surface area contributed by atoms with Crippen LogP contribution in [-0.4, -0.2) is 11.0 Å². The van der Waals surface area contributed by atoms with Crippen molar-refractivity contribution in [3.05, 3.63) is 77.0 Å². The summed E-state index contributed by atoms with van der Waals surface area (Å²) in [5.74, 6) is 0.479. The van der Waals surface area contributed by atoms with Crippen LogP contribution >= 0.6 is 12.2 Å². The molecular formula is C21H20N2O2S. The summed E-state index contributed by atoms with van der Waals surface area (Å²) in [7, 11) is 0. The van der Waals surface area contributed by atoms with E-state index < -0.39 is 0 Å². The predicted molar refractivity (Wildman–Crippen MR) is 108 cm³/mol. The monoisotopic (exact) mass is 364 g/mol. The number of hydrogen-bond donors (Lipinski definition) is 2. The first-order chi connectivity index (χ1) is 12.4. The number of thiocarbonyl (C=S) groups is 1. The van der Waals surface area contributed by atoms with E-state index in [0.29, 0.717) is 5.76 Å². The summed E-state index contributed by atoms with van der Waals surface area (Å²) in [5.41, 5.74) is 5.26. The number of aryl methyl sites for hydroxylation is 3. The summed E-state index contributed by atoms with van der Waals surface area (Å²) < 4.78 is 5.70. The SMILES string of the molecule is Cc1cccc(NC(=S)NC(=O)c2ccc(-c3ccc(C)c(C)c3)o2)c1. The van der Waals surface area contributed by atoms with Gasteiger partial charge in [-0.25, -0.2) is 0 Å². The first kappa shape index (κ1) is 17.9. The van der Waals surface area contributed by atoms with Gasteiger partial charge in [0.2, 0.25) is 0 Å². The van der Waals surface area contributed by atoms with Crippen LogP contribution < -0.4 is 10.6 Å².